The van der Waals surface area contributed by atoms with Crippen LogP contribution in [0, 0.1) is 6.92 Å². The first-order valence-corrected chi connectivity index (χ1v) is 12.8. The van der Waals surface area contributed by atoms with Crippen LogP contribution in [-0.4, -0.2) is 52.5 Å². The minimum absolute atomic E-state index is 0.00261. The third kappa shape index (κ3) is 4.61. The van der Waals surface area contributed by atoms with Gasteiger partial charge >= 0.3 is 6.09 Å². The number of fused-ring (bicyclic) bond motifs is 4. The quantitative estimate of drug-likeness (QED) is 0.296. The molecule has 6 rings (SSSR count). The Morgan fingerprint density at radius 1 is 1.21 bits per heavy atom. The van der Waals surface area contributed by atoms with Crippen LogP contribution < -0.4 is 19.5 Å². The molecule has 0 radical (unpaired) electrons. The van der Waals surface area contributed by atoms with Crippen LogP contribution in [0.5, 0.6) is 17.4 Å². The van der Waals surface area contributed by atoms with Crippen molar-refractivity contribution < 1.29 is 23.7 Å². The Bertz CT molecular complexity index is 1680. The molecule has 0 spiro atoms. The first kappa shape index (κ1) is 24.1. The molecule has 1 aliphatic heterocycles. The van der Waals surface area contributed by atoms with Crippen LogP contribution in [0.2, 0.25) is 5.02 Å². The second-order valence-corrected chi connectivity index (χ2v) is 9.89. The normalized spacial score (nSPS) is 14.4. The molecule has 10 nitrogen and oxygen atoms in total. The lowest BCUT2D eigenvalue weighted by molar-refractivity contribution is 0.0384. The van der Waals surface area contributed by atoms with E-state index in [1.807, 2.05) is 19.1 Å². The molecule has 3 aromatic heterocycles. The van der Waals surface area contributed by atoms with Crippen molar-refractivity contribution in [1.82, 2.24) is 19.9 Å². The average Bonchev–Trinajstić information content (AvgIpc) is 3.38. The zero-order valence-electron chi connectivity index (χ0n) is 20.2. The average molecular weight is 550 g/mol. The third-order valence-electron chi connectivity index (χ3n) is 5.78. The summed E-state index contributed by atoms with van der Waals surface area (Å²) in [4.78, 5) is 29.9. The lowest BCUT2D eigenvalue weighted by Gasteiger charge is -2.26. The number of anilines is 1. The Morgan fingerprint density at radius 2 is 2.05 bits per heavy atom. The number of benzene rings is 2. The van der Waals surface area contributed by atoms with Gasteiger partial charge in [-0.15, -0.1) is 11.3 Å². The Labute approximate surface area is 225 Å². The van der Waals surface area contributed by atoms with E-state index in [9.17, 15) is 4.79 Å². The molecule has 0 fully saturated rings. The molecule has 1 N–H and O–H groups in total. The van der Waals surface area contributed by atoms with E-state index in [-0.39, 0.29) is 13.2 Å². The number of carbonyl (C=O) groups excluding carboxylic acids is 1. The molecule has 1 amide bonds. The predicted molar refractivity (Wildman–Crippen MR) is 144 cm³/mol. The summed E-state index contributed by atoms with van der Waals surface area (Å²) in [6, 6.07) is 8.97. The van der Waals surface area contributed by atoms with Crippen molar-refractivity contribution in [3.63, 3.8) is 0 Å². The number of amides is 1. The number of methoxy groups -OCH3 is 1. The number of hydrogen-bond acceptors (Lipinski definition) is 10. The van der Waals surface area contributed by atoms with E-state index < -0.39 is 12.2 Å². The number of aromatic nitrogens is 4. The summed E-state index contributed by atoms with van der Waals surface area (Å²) in [5, 5.41) is 3.78. The summed E-state index contributed by atoms with van der Waals surface area (Å²) < 4.78 is 23.4. The lowest BCUT2D eigenvalue weighted by Crippen LogP contribution is -2.35. The molecule has 12 heteroatoms. The largest absolute Gasteiger partial charge is 0.484 e. The van der Waals surface area contributed by atoms with E-state index in [1.54, 1.807) is 43.9 Å². The summed E-state index contributed by atoms with van der Waals surface area (Å²) in [7, 11) is 1.56. The Balaban J connectivity index is 1.26. The van der Waals surface area contributed by atoms with E-state index in [0.29, 0.717) is 44.6 Å². The maximum absolute atomic E-state index is 12.1. The van der Waals surface area contributed by atoms with Crippen LogP contribution in [0.4, 0.5) is 10.5 Å². The molecule has 192 valence electrons. The summed E-state index contributed by atoms with van der Waals surface area (Å²) in [6.07, 6.45) is 3.63. The smallest absolute Gasteiger partial charge is 0.411 e. The van der Waals surface area contributed by atoms with Crippen molar-refractivity contribution in [2.45, 2.75) is 13.0 Å². The number of nitrogens with zero attached hydrogens (tertiary/aromatic N) is 4. The van der Waals surface area contributed by atoms with E-state index in [2.05, 4.69) is 20.3 Å². The molecule has 0 aliphatic carbocycles. The van der Waals surface area contributed by atoms with Gasteiger partial charge in [0, 0.05) is 29.7 Å². The van der Waals surface area contributed by atoms with Crippen LogP contribution in [0.3, 0.4) is 0 Å². The van der Waals surface area contributed by atoms with Crippen molar-refractivity contribution in [2.75, 3.05) is 25.6 Å². The highest BCUT2D eigenvalue weighted by molar-refractivity contribution is 7.22. The summed E-state index contributed by atoms with van der Waals surface area (Å²) >= 11 is 8.05. The number of ether oxygens (including phenoxy) is 4. The molecule has 0 saturated heterocycles. The van der Waals surface area contributed by atoms with Gasteiger partial charge in [0.15, 0.2) is 17.6 Å². The highest BCUT2D eigenvalue weighted by Crippen LogP contribution is 2.47. The molecule has 1 aliphatic rings. The maximum Gasteiger partial charge on any atom is 0.411 e. The first-order valence-electron chi connectivity index (χ1n) is 11.6. The number of carbonyl (C=O) groups is 1. The number of thiazole rings is 1. The minimum atomic E-state index is -0.600. The van der Waals surface area contributed by atoms with Gasteiger partial charge in [0.25, 0.3) is 0 Å². The second kappa shape index (κ2) is 9.92. The van der Waals surface area contributed by atoms with Crippen LogP contribution in [0.1, 0.15) is 5.56 Å². The molecule has 0 unspecified atom stereocenters. The van der Waals surface area contributed by atoms with Gasteiger partial charge in [-0.3, -0.25) is 10.3 Å². The fourth-order valence-electron chi connectivity index (χ4n) is 4.08. The zero-order valence-corrected chi connectivity index (χ0v) is 21.8. The molecule has 2 aromatic carbocycles. The number of hydrogen-bond donors (Lipinski definition) is 1. The number of halogens is 1. The molecule has 38 heavy (non-hydrogen) atoms. The van der Waals surface area contributed by atoms with Crippen LogP contribution >= 0.6 is 22.9 Å². The lowest BCUT2D eigenvalue weighted by atomic mass is 10.1. The summed E-state index contributed by atoms with van der Waals surface area (Å²) in [5.41, 5.74) is 4.46. The van der Waals surface area contributed by atoms with Gasteiger partial charge in [-0.05, 0) is 36.8 Å². The van der Waals surface area contributed by atoms with Crippen LogP contribution in [0.15, 0.2) is 48.9 Å². The molecular weight excluding hydrogens is 530 g/mol. The molecule has 5 aromatic rings. The van der Waals surface area contributed by atoms with Crippen molar-refractivity contribution >= 4 is 56.0 Å². The fraction of sp³-hybridized carbons (Fsp3) is 0.192. The van der Waals surface area contributed by atoms with Crippen molar-refractivity contribution in [3.8, 4) is 28.0 Å². The third-order valence-corrected chi connectivity index (χ3v) is 7.16. The molecule has 1 atom stereocenters. The minimum Gasteiger partial charge on any atom is -0.484 e. The van der Waals surface area contributed by atoms with Crippen LogP contribution in [-0.2, 0) is 4.74 Å². The van der Waals surface area contributed by atoms with Gasteiger partial charge in [-0.25, -0.2) is 19.7 Å². The number of rotatable bonds is 5. The summed E-state index contributed by atoms with van der Waals surface area (Å²) in [6.45, 7) is 2.18. The highest BCUT2D eigenvalue weighted by atomic mass is 35.5. The van der Waals surface area contributed by atoms with E-state index in [4.69, 9.17) is 35.5 Å². The van der Waals surface area contributed by atoms with Crippen molar-refractivity contribution in [1.29, 1.82) is 0 Å². The topological polar surface area (TPSA) is 118 Å². The second-order valence-electron chi connectivity index (χ2n) is 8.49. The van der Waals surface area contributed by atoms with Gasteiger partial charge in [0.1, 0.15) is 28.4 Å². The predicted octanol–water partition coefficient (Wildman–Crippen LogP) is 5.66. The SMILES string of the molecule is COc1cnc2c(-c3nc4c(Cl)cc5c(c4s3)OC[C@H](COC(=O)Nc3ccncc3)O5)cc(C)cc2n1. The van der Waals surface area contributed by atoms with Crippen LogP contribution in [0.25, 0.3) is 31.8 Å². The Morgan fingerprint density at radius 3 is 2.87 bits per heavy atom. The molecule has 4 heterocycles. The number of nitrogens with one attached hydrogen (secondary N) is 1. The monoisotopic (exact) mass is 549 g/mol. The molecule has 0 bridgehead atoms. The van der Waals surface area contributed by atoms with Gasteiger partial charge < -0.3 is 18.9 Å². The van der Waals surface area contributed by atoms with Gasteiger partial charge in [0.2, 0.25) is 5.88 Å². The molecule has 0 saturated carbocycles. The Hall–Kier alpha value is -4.22. The van der Waals surface area contributed by atoms with E-state index >= 15 is 0 Å². The highest BCUT2D eigenvalue weighted by Gasteiger charge is 2.28. The van der Waals surface area contributed by atoms with Crippen molar-refractivity contribution in [3.05, 3.63) is 59.5 Å². The summed E-state index contributed by atoms with van der Waals surface area (Å²) in [5.74, 6) is 1.45. The van der Waals surface area contributed by atoms with E-state index in [1.165, 1.54) is 11.3 Å². The van der Waals surface area contributed by atoms with Gasteiger partial charge in [0.05, 0.1) is 29.4 Å². The van der Waals surface area contributed by atoms with Crippen molar-refractivity contribution in [2.24, 2.45) is 0 Å². The zero-order chi connectivity index (χ0) is 26.2. The van der Waals surface area contributed by atoms with Gasteiger partial charge in [-0.1, -0.05) is 11.6 Å². The fourth-order valence-corrected chi connectivity index (χ4v) is 5.47. The van der Waals surface area contributed by atoms with Gasteiger partial charge in [-0.2, -0.15) is 0 Å². The van der Waals surface area contributed by atoms with E-state index in [0.717, 1.165) is 20.8 Å². The number of aryl methyl sites for hydroxylation is 1. The standard InChI is InChI=1S/C26H20ClN5O5S/c1-13-7-16(21-18(8-13)31-20(34-2)10-29-21)25-32-22-17(27)9-19-23(24(22)38-25)35-11-15(37-19)12-36-26(33)30-14-3-5-28-6-4-14/h3-10,15H,11-12H2,1-2H3,(H,28,30,33)/t15-/m1/s1. The number of pyridine rings is 1. The molecular formula is C26H20ClN5O5S. The maximum atomic E-state index is 12.1. The first-order chi connectivity index (χ1) is 18.5. The Kier molecular flexibility index (Phi) is 6.30.